The van der Waals surface area contributed by atoms with Crippen molar-refractivity contribution in [2.45, 2.75) is 77.4 Å². The highest BCUT2D eigenvalue weighted by atomic mass is 28.4. The highest BCUT2D eigenvalue weighted by Gasteiger charge is 2.44. The summed E-state index contributed by atoms with van der Waals surface area (Å²) in [5.74, 6) is 1.69. The molecule has 0 spiro atoms. The van der Waals surface area contributed by atoms with Crippen molar-refractivity contribution in [1.29, 1.82) is 0 Å². The summed E-state index contributed by atoms with van der Waals surface area (Å²) in [4.78, 5) is 6.56. The summed E-state index contributed by atoms with van der Waals surface area (Å²) >= 11 is 0. The van der Waals surface area contributed by atoms with Crippen molar-refractivity contribution in [2.75, 3.05) is 24.6 Å². The van der Waals surface area contributed by atoms with Crippen molar-refractivity contribution in [3.63, 3.8) is 0 Å². The Labute approximate surface area is 148 Å². The fraction of sp³-hybridized carbons (Fsp3) is 0.889. The lowest BCUT2D eigenvalue weighted by molar-refractivity contribution is 0.233. The van der Waals surface area contributed by atoms with Gasteiger partial charge in [-0.3, -0.25) is 0 Å². The molecule has 0 saturated carbocycles. The van der Waals surface area contributed by atoms with Gasteiger partial charge in [0.05, 0.1) is 0 Å². The molecule has 0 aliphatic carbocycles. The second-order valence-electron chi connectivity index (χ2n) is 8.19. The molecule has 1 saturated heterocycles. The first-order valence-corrected chi connectivity index (χ1v) is 11.8. The number of rotatable bonds is 8. The summed E-state index contributed by atoms with van der Waals surface area (Å²) in [6, 6.07) is 0. The van der Waals surface area contributed by atoms with Gasteiger partial charge in [-0.25, -0.2) is 5.10 Å². The van der Waals surface area contributed by atoms with E-state index in [1.165, 1.54) is 19.3 Å². The molecule has 24 heavy (non-hydrogen) atoms. The summed E-state index contributed by atoms with van der Waals surface area (Å²) in [6.07, 6.45) is 5.24. The standard InChI is InChI=1S/C18H36N4OSi/c1-14(2)24(15(3)4,16(5)6)23-12-9-17-7-10-22(11-8-17)18-19-13-20-21-18/h13-17H,7-12H2,1-6H3,(H,19,20,21). The van der Waals surface area contributed by atoms with Crippen LogP contribution in [0.1, 0.15) is 60.8 Å². The first kappa shape index (κ1) is 19.4. The molecule has 1 aliphatic rings. The summed E-state index contributed by atoms with van der Waals surface area (Å²) in [5.41, 5.74) is 2.02. The fourth-order valence-corrected chi connectivity index (χ4v) is 10.2. The summed E-state index contributed by atoms with van der Waals surface area (Å²) < 4.78 is 6.71. The maximum Gasteiger partial charge on any atom is 0.221 e. The van der Waals surface area contributed by atoms with E-state index < -0.39 is 8.32 Å². The Kier molecular flexibility index (Phi) is 6.86. The van der Waals surface area contributed by atoms with Crippen molar-refractivity contribution >= 4 is 14.3 Å². The Morgan fingerprint density at radius 2 is 1.71 bits per heavy atom. The molecule has 1 fully saturated rings. The molecular formula is C18H36N4OSi. The minimum atomic E-state index is -1.70. The first-order valence-electron chi connectivity index (χ1n) is 9.62. The molecule has 1 aliphatic heterocycles. The molecule has 0 bridgehead atoms. The lowest BCUT2D eigenvalue weighted by atomic mass is 9.94. The minimum Gasteiger partial charge on any atom is -0.416 e. The smallest absolute Gasteiger partial charge is 0.221 e. The number of aromatic amines is 1. The van der Waals surface area contributed by atoms with E-state index in [-0.39, 0.29) is 0 Å². The van der Waals surface area contributed by atoms with Crippen molar-refractivity contribution in [2.24, 2.45) is 5.92 Å². The van der Waals surface area contributed by atoms with E-state index in [0.717, 1.165) is 31.6 Å². The van der Waals surface area contributed by atoms with Gasteiger partial charge in [0.15, 0.2) is 8.32 Å². The third-order valence-corrected chi connectivity index (χ3v) is 12.0. The molecule has 1 aromatic heterocycles. The SMILES string of the molecule is CC(C)[Si](OCCC1CCN(c2ncn[nH]2)CC1)(C(C)C)C(C)C. The number of H-pyrrole nitrogens is 1. The zero-order valence-corrected chi connectivity index (χ0v) is 17.4. The maximum atomic E-state index is 6.71. The van der Waals surface area contributed by atoms with Crippen molar-refractivity contribution in [1.82, 2.24) is 15.2 Å². The average Bonchev–Trinajstić information content (AvgIpc) is 3.05. The van der Waals surface area contributed by atoms with Crippen molar-refractivity contribution in [3.05, 3.63) is 6.33 Å². The van der Waals surface area contributed by atoms with Crippen LogP contribution in [0.5, 0.6) is 0 Å². The van der Waals surface area contributed by atoms with Crippen LogP contribution < -0.4 is 4.90 Å². The van der Waals surface area contributed by atoms with Gasteiger partial charge in [-0.1, -0.05) is 41.5 Å². The van der Waals surface area contributed by atoms with Crippen LogP contribution in [0.15, 0.2) is 6.33 Å². The monoisotopic (exact) mass is 352 g/mol. The van der Waals surface area contributed by atoms with Crippen molar-refractivity contribution in [3.8, 4) is 0 Å². The Morgan fingerprint density at radius 3 is 2.17 bits per heavy atom. The average molecular weight is 353 g/mol. The zero-order chi connectivity index (χ0) is 17.7. The predicted octanol–water partition coefficient (Wildman–Crippen LogP) is 4.60. The molecule has 0 radical (unpaired) electrons. The Bertz CT molecular complexity index is 446. The van der Waals surface area contributed by atoms with E-state index >= 15 is 0 Å². The number of aromatic nitrogens is 3. The normalized spacial score (nSPS) is 17.5. The fourth-order valence-electron chi connectivity index (χ4n) is 4.69. The number of nitrogens with one attached hydrogen (secondary N) is 1. The number of hydrogen-bond donors (Lipinski definition) is 1. The van der Waals surface area contributed by atoms with Gasteiger partial charge in [0.2, 0.25) is 5.95 Å². The second-order valence-corrected chi connectivity index (χ2v) is 13.7. The van der Waals surface area contributed by atoms with Crippen LogP contribution in [-0.4, -0.2) is 43.2 Å². The van der Waals surface area contributed by atoms with Crippen LogP contribution >= 0.6 is 0 Å². The molecule has 0 aromatic carbocycles. The molecule has 6 heteroatoms. The van der Waals surface area contributed by atoms with Gasteiger partial charge >= 0.3 is 0 Å². The number of anilines is 1. The van der Waals surface area contributed by atoms with Crippen LogP contribution in [0.25, 0.3) is 0 Å². The van der Waals surface area contributed by atoms with E-state index in [9.17, 15) is 0 Å². The molecule has 1 N–H and O–H groups in total. The van der Waals surface area contributed by atoms with Gasteiger partial charge in [-0.15, -0.1) is 0 Å². The first-order chi connectivity index (χ1) is 11.4. The van der Waals surface area contributed by atoms with Crippen LogP contribution in [0.3, 0.4) is 0 Å². The van der Waals surface area contributed by atoms with E-state index in [2.05, 4.69) is 61.6 Å². The predicted molar refractivity (Wildman–Crippen MR) is 103 cm³/mol. The lowest BCUT2D eigenvalue weighted by Crippen LogP contribution is -2.48. The third-order valence-electron chi connectivity index (χ3n) is 5.90. The van der Waals surface area contributed by atoms with Gasteiger partial charge < -0.3 is 9.33 Å². The molecule has 2 heterocycles. The van der Waals surface area contributed by atoms with E-state index in [1.54, 1.807) is 6.33 Å². The topological polar surface area (TPSA) is 54.0 Å². The minimum absolute atomic E-state index is 0.672. The third kappa shape index (κ3) is 4.20. The molecule has 0 atom stereocenters. The van der Waals surface area contributed by atoms with Crippen LogP contribution in [0, 0.1) is 5.92 Å². The molecule has 138 valence electrons. The molecule has 5 nitrogen and oxygen atoms in total. The van der Waals surface area contributed by atoms with E-state index in [0.29, 0.717) is 16.6 Å². The largest absolute Gasteiger partial charge is 0.416 e. The molecule has 1 aromatic rings. The number of nitrogens with zero attached hydrogens (tertiary/aromatic N) is 3. The quantitative estimate of drug-likeness (QED) is 0.695. The second kappa shape index (κ2) is 8.47. The Morgan fingerprint density at radius 1 is 1.12 bits per heavy atom. The highest BCUT2D eigenvalue weighted by Crippen LogP contribution is 2.42. The summed E-state index contributed by atoms with van der Waals surface area (Å²) in [5, 5.41) is 6.92. The van der Waals surface area contributed by atoms with Crippen LogP contribution in [-0.2, 0) is 4.43 Å². The maximum absolute atomic E-state index is 6.71. The zero-order valence-electron chi connectivity index (χ0n) is 16.4. The van der Waals surface area contributed by atoms with E-state index in [4.69, 9.17) is 4.43 Å². The highest BCUT2D eigenvalue weighted by molar-refractivity contribution is 6.77. The number of piperidine rings is 1. The van der Waals surface area contributed by atoms with Gasteiger partial charge in [0, 0.05) is 19.7 Å². The van der Waals surface area contributed by atoms with Gasteiger partial charge in [0.1, 0.15) is 6.33 Å². The van der Waals surface area contributed by atoms with Gasteiger partial charge in [-0.2, -0.15) is 10.1 Å². The summed E-state index contributed by atoms with van der Waals surface area (Å²) in [7, 11) is -1.70. The van der Waals surface area contributed by atoms with Crippen LogP contribution in [0.2, 0.25) is 16.6 Å². The van der Waals surface area contributed by atoms with Crippen molar-refractivity contribution < 1.29 is 4.43 Å². The molecule has 0 unspecified atom stereocenters. The summed E-state index contributed by atoms with van der Waals surface area (Å²) in [6.45, 7) is 17.3. The number of hydrogen-bond acceptors (Lipinski definition) is 4. The Balaban J connectivity index is 1.81. The van der Waals surface area contributed by atoms with E-state index in [1.807, 2.05) is 0 Å². The lowest BCUT2D eigenvalue weighted by Gasteiger charge is -2.42. The Hall–Kier alpha value is -0.883. The van der Waals surface area contributed by atoms with Gasteiger partial charge in [-0.05, 0) is 41.8 Å². The molecular weight excluding hydrogens is 316 g/mol. The molecule has 2 rings (SSSR count). The molecule has 0 amide bonds. The van der Waals surface area contributed by atoms with Gasteiger partial charge in [0.25, 0.3) is 0 Å². The van der Waals surface area contributed by atoms with Crippen LogP contribution in [0.4, 0.5) is 5.95 Å².